The van der Waals surface area contributed by atoms with Crippen LogP contribution in [0.4, 0.5) is 8.78 Å². The molecule has 1 heterocycles. The first-order chi connectivity index (χ1) is 16.2. The highest BCUT2D eigenvalue weighted by atomic mass is 19.1. The van der Waals surface area contributed by atoms with Gasteiger partial charge in [-0.05, 0) is 56.7 Å². The van der Waals surface area contributed by atoms with Crippen LogP contribution in [-0.2, 0) is 17.8 Å². The van der Waals surface area contributed by atoms with Crippen LogP contribution in [0.2, 0.25) is 0 Å². The Morgan fingerprint density at radius 1 is 1.09 bits per heavy atom. The van der Waals surface area contributed by atoms with Gasteiger partial charge < -0.3 is 14.4 Å². The maximum atomic E-state index is 14.5. The molecule has 0 spiro atoms. The highest BCUT2D eigenvalue weighted by molar-refractivity contribution is 5.78. The van der Waals surface area contributed by atoms with Crippen molar-refractivity contribution in [2.45, 2.75) is 53.6 Å². The van der Waals surface area contributed by atoms with Crippen molar-refractivity contribution < 1.29 is 23.0 Å². The summed E-state index contributed by atoms with van der Waals surface area (Å²) in [7, 11) is 1.58. The normalized spacial score (nSPS) is 11.2. The number of ether oxygens (including phenoxy) is 2. The number of carbonyl (C=O) groups is 1. The summed E-state index contributed by atoms with van der Waals surface area (Å²) in [5.74, 6) is -0.911. The molecule has 3 aromatic rings. The fourth-order valence-electron chi connectivity index (χ4n) is 3.60. The van der Waals surface area contributed by atoms with Crippen LogP contribution in [0.15, 0.2) is 42.5 Å². The summed E-state index contributed by atoms with van der Waals surface area (Å²) in [4.78, 5) is 14.7. The average Bonchev–Trinajstić information content (AvgIpc) is 3.15. The summed E-state index contributed by atoms with van der Waals surface area (Å²) in [6.07, 6.45) is 0.572. The van der Waals surface area contributed by atoms with Crippen molar-refractivity contribution in [3.8, 4) is 23.1 Å². The van der Waals surface area contributed by atoms with E-state index >= 15 is 0 Å². The van der Waals surface area contributed by atoms with E-state index in [4.69, 9.17) is 14.6 Å². The summed E-state index contributed by atoms with van der Waals surface area (Å²) in [5.41, 5.74) is 2.06. The predicted octanol–water partition coefficient (Wildman–Crippen LogP) is 5.91. The van der Waals surface area contributed by atoms with E-state index in [2.05, 4.69) is 0 Å². The summed E-state index contributed by atoms with van der Waals surface area (Å²) >= 11 is 0. The lowest BCUT2D eigenvalue weighted by Gasteiger charge is -2.29. The van der Waals surface area contributed by atoms with Gasteiger partial charge in [0.25, 0.3) is 0 Å². The standard InChI is InChI=1S/C26H31F2N3O3/c1-7-23-21(15-30(17(4)5)25(32)16(2)3)26(34-24-13-8-18(27)14-22(24)28)31(29-23)19-9-11-20(33-6)12-10-19/h8-14,16-17H,7,15H2,1-6H3. The molecule has 0 bridgehead atoms. The van der Waals surface area contributed by atoms with E-state index < -0.39 is 11.6 Å². The number of hydrogen-bond acceptors (Lipinski definition) is 4. The zero-order chi connectivity index (χ0) is 25.0. The number of hydrogen-bond donors (Lipinski definition) is 0. The summed E-state index contributed by atoms with van der Waals surface area (Å²) < 4.78 is 40.9. The second kappa shape index (κ2) is 10.7. The Labute approximate surface area is 199 Å². The third-order valence-corrected chi connectivity index (χ3v) is 5.50. The SMILES string of the molecule is CCc1nn(-c2ccc(OC)cc2)c(Oc2ccc(F)cc2F)c1CN(C(=O)C(C)C)C(C)C. The van der Waals surface area contributed by atoms with Crippen LogP contribution in [0.3, 0.4) is 0 Å². The number of methoxy groups -OCH3 is 1. The number of aryl methyl sites for hydroxylation is 1. The molecule has 1 aromatic heterocycles. The van der Waals surface area contributed by atoms with E-state index in [1.165, 1.54) is 6.07 Å². The second-order valence-corrected chi connectivity index (χ2v) is 8.59. The van der Waals surface area contributed by atoms with Crippen LogP contribution in [0.5, 0.6) is 17.4 Å². The first-order valence-corrected chi connectivity index (χ1v) is 11.3. The quantitative estimate of drug-likeness (QED) is 0.390. The van der Waals surface area contributed by atoms with E-state index in [9.17, 15) is 13.6 Å². The maximum absolute atomic E-state index is 14.5. The molecule has 0 fully saturated rings. The minimum atomic E-state index is -0.828. The zero-order valence-corrected chi connectivity index (χ0v) is 20.4. The lowest BCUT2D eigenvalue weighted by molar-refractivity contribution is -0.136. The number of nitrogens with zero attached hydrogens (tertiary/aromatic N) is 3. The molecule has 0 atom stereocenters. The topological polar surface area (TPSA) is 56.6 Å². The van der Waals surface area contributed by atoms with Crippen molar-refractivity contribution in [2.75, 3.05) is 7.11 Å². The third kappa shape index (κ3) is 5.38. The number of rotatable bonds is 9. The average molecular weight is 472 g/mol. The van der Waals surface area contributed by atoms with Gasteiger partial charge in [0.15, 0.2) is 11.6 Å². The van der Waals surface area contributed by atoms with Crippen molar-refractivity contribution >= 4 is 5.91 Å². The van der Waals surface area contributed by atoms with Crippen molar-refractivity contribution in [2.24, 2.45) is 5.92 Å². The molecule has 6 nitrogen and oxygen atoms in total. The molecule has 182 valence electrons. The minimum Gasteiger partial charge on any atom is -0.497 e. The molecule has 0 unspecified atom stereocenters. The Balaban J connectivity index is 2.17. The number of aromatic nitrogens is 2. The first-order valence-electron chi connectivity index (χ1n) is 11.3. The monoisotopic (exact) mass is 471 g/mol. The fraction of sp³-hybridized carbons (Fsp3) is 0.385. The molecule has 0 radical (unpaired) electrons. The molecule has 0 saturated carbocycles. The predicted molar refractivity (Wildman–Crippen MR) is 126 cm³/mol. The molecule has 1 amide bonds. The molecule has 3 rings (SSSR count). The zero-order valence-electron chi connectivity index (χ0n) is 20.4. The van der Waals surface area contributed by atoms with Gasteiger partial charge in [-0.25, -0.2) is 13.5 Å². The van der Waals surface area contributed by atoms with Crippen molar-refractivity contribution in [1.82, 2.24) is 14.7 Å². The lowest BCUT2D eigenvalue weighted by atomic mass is 10.1. The summed E-state index contributed by atoms with van der Waals surface area (Å²) in [5, 5.41) is 4.73. The molecular weight excluding hydrogens is 440 g/mol. The Kier molecular flexibility index (Phi) is 7.91. The van der Waals surface area contributed by atoms with Gasteiger partial charge in [0.2, 0.25) is 11.8 Å². The minimum absolute atomic E-state index is 0.00633. The van der Waals surface area contributed by atoms with Gasteiger partial charge >= 0.3 is 0 Å². The Morgan fingerprint density at radius 3 is 2.29 bits per heavy atom. The Morgan fingerprint density at radius 2 is 1.76 bits per heavy atom. The third-order valence-electron chi connectivity index (χ3n) is 5.50. The van der Waals surface area contributed by atoms with E-state index in [-0.39, 0.29) is 36.0 Å². The number of halogens is 2. The van der Waals surface area contributed by atoms with Crippen molar-refractivity contribution in [3.05, 3.63) is 65.4 Å². The van der Waals surface area contributed by atoms with Crippen LogP contribution in [0.25, 0.3) is 5.69 Å². The Hall–Kier alpha value is -3.42. The number of carbonyl (C=O) groups excluding carboxylic acids is 1. The van der Waals surface area contributed by atoms with E-state index in [1.54, 1.807) is 28.8 Å². The van der Waals surface area contributed by atoms with Crippen LogP contribution < -0.4 is 9.47 Å². The van der Waals surface area contributed by atoms with Gasteiger partial charge in [-0.15, -0.1) is 0 Å². The molecule has 0 aliphatic heterocycles. The van der Waals surface area contributed by atoms with Gasteiger partial charge in [-0.3, -0.25) is 4.79 Å². The van der Waals surface area contributed by atoms with Gasteiger partial charge in [-0.2, -0.15) is 5.10 Å². The maximum Gasteiger partial charge on any atom is 0.228 e. The molecule has 0 aliphatic carbocycles. The van der Waals surface area contributed by atoms with Gasteiger partial charge in [0.1, 0.15) is 11.6 Å². The second-order valence-electron chi connectivity index (χ2n) is 8.59. The van der Waals surface area contributed by atoms with Crippen LogP contribution in [0, 0.1) is 17.6 Å². The molecule has 34 heavy (non-hydrogen) atoms. The molecule has 0 N–H and O–H groups in total. The molecule has 0 saturated heterocycles. The van der Waals surface area contributed by atoms with Crippen LogP contribution in [0.1, 0.15) is 45.9 Å². The molecule has 8 heteroatoms. The molecule has 2 aromatic carbocycles. The molecule has 0 aliphatic rings. The largest absolute Gasteiger partial charge is 0.497 e. The fourth-order valence-corrected chi connectivity index (χ4v) is 3.60. The highest BCUT2D eigenvalue weighted by Gasteiger charge is 2.27. The number of benzene rings is 2. The summed E-state index contributed by atoms with van der Waals surface area (Å²) in [6, 6.07) is 10.3. The lowest BCUT2D eigenvalue weighted by Crippen LogP contribution is -2.39. The highest BCUT2D eigenvalue weighted by Crippen LogP contribution is 2.34. The van der Waals surface area contributed by atoms with E-state index in [0.717, 1.165) is 17.8 Å². The van der Waals surface area contributed by atoms with Gasteiger partial charge in [-0.1, -0.05) is 20.8 Å². The first kappa shape index (κ1) is 25.2. The van der Waals surface area contributed by atoms with Gasteiger partial charge in [0.05, 0.1) is 30.6 Å². The van der Waals surface area contributed by atoms with Gasteiger partial charge in [0, 0.05) is 18.0 Å². The van der Waals surface area contributed by atoms with Crippen molar-refractivity contribution in [3.63, 3.8) is 0 Å². The van der Waals surface area contributed by atoms with Crippen LogP contribution >= 0.6 is 0 Å². The number of amides is 1. The van der Waals surface area contributed by atoms with E-state index in [1.807, 2.05) is 46.8 Å². The van der Waals surface area contributed by atoms with E-state index in [0.29, 0.717) is 23.4 Å². The smallest absolute Gasteiger partial charge is 0.228 e. The molecular formula is C26H31F2N3O3. The summed E-state index contributed by atoms with van der Waals surface area (Å²) in [6.45, 7) is 9.79. The van der Waals surface area contributed by atoms with Crippen molar-refractivity contribution in [1.29, 1.82) is 0 Å². The van der Waals surface area contributed by atoms with Crippen LogP contribution in [-0.4, -0.2) is 33.7 Å². The Bertz CT molecular complexity index is 1140.